The molecule has 2 N–H and O–H groups in total. The van der Waals surface area contributed by atoms with Crippen molar-refractivity contribution in [2.75, 3.05) is 44.4 Å². The number of aromatic nitrogens is 2. The molecule has 1 aliphatic rings. The zero-order valence-electron chi connectivity index (χ0n) is 14.0. The third kappa shape index (κ3) is 5.16. The van der Waals surface area contributed by atoms with Gasteiger partial charge in [0.25, 0.3) is 0 Å². The summed E-state index contributed by atoms with van der Waals surface area (Å²) in [5.74, 6) is 3.43. The van der Waals surface area contributed by atoms with Crippen molar-refractivity contribution in [3.63, 3.8) is 0 Å². The van der Waals surface area contributed by atoms with Crippen LogP contribution in [0.25, 0.3) is 0 Å². The first-order valence-electron chi connectivity index (χ1n) is 7.91. The number of hydrogen-bond acceptors (Lipinski definition) is 5. The van der Waals surface area contributed by atoms with E-state index in [0.717, 1.165) is 37.1 Å². The fourth-order valence-corrected chi connectivity index (χ4v) is 2.59. The third-order valence-electron chi connectivity index (χ3n) is 3.54. The van der Waals surface area contributed by atoms with Crippen LogP contribution in [0.2, 0.25) is 0 Å². The van der Waals surface area contributed by atoms with E-state index >= 15 is 0 Å². The number of rotatable bonds is 8. The summed E-state index contributed by atoms with van der Waals surface area (Å²) in [6.45, 7) is 9.46. The molecule has 0 radical (unpaired) electrons. The van der Waals surface area contributed by atoms with Crippen LogP contribution in [-0.4, -0.2) is 48.6 Å². The highest BCUT2D eigenvalue weighted by atomic mass is 15.1. The van der Waals surface area contributed by atoms with Gasteiger partial charge in [0.15, 0.2) is 0 Å². The van der Waals surface area contributed by atoms with Gasteiger partial charge in [0.2, 0.25) is 0 Å². The predicted molar refractivity (Wildman–Crippen MR) is 89.0 cm³/mol. The highest BCUT2D eigenvalue weighted by Crippen LogP contribution is 2.38. The van der Waals surface area contributed by atoms with Gasteiger partial charge in [-0.25, -0.2) is 9.97 Å². The number of anilines is 2. The molecule has 0 bridgehead atoms. The average molecular weight is 291 g/mol. The molecule has 0 aromatic carbocycles. The molecule has 1 heterocycles. The van der Waals surface area contributed by atoms with Crippen LogP contribution in [0.3, 0.4) is 0 Å². The van der Waals surface area contributed by atoms with Crippen LogP contribution in [0.1, 0.15) is 45.4 Å². The summed E-state index contributed by atoms with van der Waals surface area (Å²) >= 11 is 0. The van der Waals surface area contributed by atoms with Crippen LogP contribution >= 0.6 is 0 Å². The third-order valence-corrected chi connectivity index (χ3v) is 3.54. The second-order valence-corrected chi connectivity index (χ2v) is 7.06. The van der Waals surface area contributed by atoms with E-state index < -0.39 is 0 Å². The maximum absolute atomic E-state index is 4.68. The molecule has 0 amide bonds. The van der Waals surface area contributed by atoms with Crippen LogP contribution in [0, 0.1) is 5.41 Å². The lowest BCUT2D eigenvalue weighted by Crippen LogP contribution is -2.34. The quantitative estimate of drug-likeness (QED) is 0.771. The van der Waals surface area contributed by atoms with E-state index in [-0.39, 0.29) is 5.41 Å². The van der Waals surface area contributed by atoms with Crippen molar-refractivity contribution in [1.82, 2.24) is 14.9 Å². The minimum Gasteiger partial charge on any atom is -0.370 e. The van der Waals surface area contributed by atoms with Crippen LogP contribution in [0.15, 0.2) is 6.07 Å². The van der Waals surface area contributed by atoms with Gasteiger partial charge in [0.1, 0.15) is 17.5 Å². The SMILES string of the molecule is CCNc1cc(NCC(C)(C)CN(C)C)nc(C2CC2)n1. The summed E-state index contributed by atoms with van der Waals surface area (Å²) in [5.41, 5.74) is 0.201. The molecular weight excluding hydrogens is 262 g/mol. The Bertz CT molecular complexity index is 466. The van der Waals surface area contributed by atoms with Gasteiger partial charge in [0.05, 0.1) is 0 Å². The number of nitrogens with zero attached hydrogens (tertiary/aromatic N) is 3. The molecule has 1 aliphatic carbocycles. The van der Waals surface area contributed by atoms with Crippen molar-refractivity contribution in [2.24, 2.45) is 5.41 Å². The Morgan fingerprint density at radius 3 is 2.33 bits per heavy atom. The van der Waals surface area contributed by atoms with Crippen molar-refractivity contribution in [3.8, 4) is 0 Å². The fourth-order valence-electron chi connectivity index (χ4n) is 2.59. The lowest BCUT2D eigenvalue weighted by atomic mass is 9.93. The van der Waals surface area contributed by atoms with Crippen molar-refractivity contribution in [3.05, 3.63) is 11.9 Å². The van der Waals surface area contributed by atoms with Crippen LogP contribution in [0.5, 0.6) is 0 Å². The van der Waals surface area contributed by atoms with Crippen molar-refractivity contribution in [2.45, 2.75) is 39.5 Å². The summed E-state index contributed by atoms with van der Waals surface area (Å²) in [4.78, 5) is 11.5. The van der Waals surface area contributed by atoms with E-state index in [4.69, 9.17) is 0 Å². The Hall–Kier alpha value is -1.36. The Labute approximate surface area is 128 Å². The predicted octanol–water partition coefficient (Wildman–Crippen LogP) is 2.79. The van der Waals surface area contributed by atoms with E-state index in [0.29, 0.717) is 5.92 Å². The molecule has 1 saturated carbocycles. The maximum atomic E-state index is 4.68. The first-order valence-corrected chi connectivity index (χ1v) is 7.91. The molecule has 21 heavy (non-hydrogen) atoms. The largest absolute Gasteiger partial charge is 0.370 e. The molecule has 5 nitrogen and oxygen atoms in total. The minimum atomic E-state index is 0.201. The Morgan fingerprint density at radius 2 is 1.81 bits per heavy atom. The van der Waals surface area contributed by atoms with E-state index in [1.807, 2.05) is 6.07 Å². The minimum absolute atomic E-state index is 0.201. The average Bonchev–Trinajstić information content (AvgIpc) is 3.19. The smallest absolute Gasteiger partial charge is 0.136 e. The Morgan fingerprint density at radius 1 is 1.19 bits per heavy atom. The number of nitrogens with one attached hydrogen (secondary N) is 2. The summed E-state index contributed by atoms with van der Waals surface area (Å²) in [6.07, 6.45) is 2.45. The standard InChI is InChI=1S/C16H29N5/c1-6-17-13-9-14(20-15(19-13)12-7-8-12)18-10-16(2,3)11-21(4)5/h9,12H,6-8,10-11H2,1-5H3,(H2,17,18,19,20). The topological polar surface area (TPSA) is 53.1 Å². The van der Waals surface area contributed by atoms with E-state index in [2.05, 4.69) is 60.4 Å². The van der Waals surface area contributed by atoms with Crippen molar-refractivity contribution < 1.29 is 0 Å². The van der Waals surface area contributed by atoms with Crippen LogP contribution in [-0.2, 0) is 0 Å². The van der Waals surface area contributed by atoms with Crippen molar-refractivity contribution in [1.29, 1.82) is 0 Å². The molecule has 1 aromatic heterocycles. The zero-order valence-corrected chi connectivity index (χ0v) is 14.0. The summed E-state index contributed by atoms with van der Waals surface area (Å²) in [7, 11) is 4.22. The lowest BCUT2D eigenvalue weighted by molar-refractivity contribution is 0.254. The first kappa shape index (κ1) is 16.0. The maximum Gasteiger partial charge on any atom is 0.136 e. The summed E-state index contributed by atoms with van der Waals surface area (Å²) in [6, 6.07) is 2.02. The Balaban J connectivity index is 2.04. The Kier molecular flexibility index (Phi) is 5.04. The molecule has 0 saturated heterocycles. The number of hydrogen-bond donors (Lipinski definition) is 2. The molecule has 5 heteroatoms. The molecule has 0 spiro atoms. The van der Waals surface area contributed by atoms with Gasteiger partial charge in [-0.2, -0.15) is 0 Å². The molecule has 2 rings (SSSR count). The zero-order chi connectivity index (χ0) is 15.5. The summed E-state index contributed by atoms with van der Waals surface area (Å²) in [5, 5.41) is 6.80. The molecule has 118 valence electrons. The van der Waals surface area contributed by atoms with Crippen molar-refractivity contribution >= 4 is 11.6 Å². The van der Waals surface area contributed by atoms with Gasteiger partial charge in [0, 0.05) is 31.6 Å². The summed E-state index contributed by atoms with van der Waals surface area (Å²) < 4.78 is 0. The lowest BCUT2D eigenvalue weighted by Gasteiger charge is -2.28. The second kappa shape index (κ2) is 6.60. The molecule has 0 unspecified atom stereocenters. The van der Waals surface area contributed by atoms with Gasteiger partial charge in [-0.1, -0.05) is 13.8 Å². The van der Waals surface area contributed by atoms with E-state index in [9.17, 15) is 0 Å². The molecule has 0 atom stereocenters. The molecule has 1 aromatic rings. The highest BCUT2D eigenvalue weighted by molar-refractivity contribution is 5.48. The normalized spacial score (nSPS) is 15.3. The van der Waals surface area contributed by atoms with Crippen LogP contribution < -0.4 is 10.6 Å². The molecular formula is C16H29N5. The van der Waals surface area contributed by atoms with Gasteiger partial charge < -0.3 is 15.5 Å². The van der Waals surface area contributed by atoms with Crippen LogP contribution in [0.4, 0.5) is 11.6 Å². The van der Waals surface area contributed by atoms with E-state index in [1.165, 1.54) is 12.8 Å². The van der Waals surface area contributed by atoms with Gasteiger partial charge >= 0.3 is 0 Å². The molecule has 0 aliphatic heterocycles. The monoisotopic (exact) mass is 291 g/mol. The first-order chi connectivity index (χ1) is 9.89. The van der Waals surface area contributed by atoms with Gasteiger partial charge in [-0.3, -0.25) is 0 Å². The van der Waals surface area contributed by atoms with Gasteiger partial charge in [-0.05, 0) is 39.3 Å². The highest BCUT2D eigenvalue weighted by Gasteiger charge is 2.27. The van der Waals surface area contributed by atoms with E-state index in [1.54, 1.807) is 0 Å². The second-order valence-electron chi connectivity index (χ2n) is 7.06. The molecule has 1 fully saturated rings. The van der Waals surface area contributed by atoms with Gasteiger partial charge in [-0.15, -0.1) is 0 Å². The fraction of sp³-hybridized carbons (Fsp3) is 0.750.